The van der Waals surface area contributed by atoms with Gasteiger partial charge in [-0.2, -0.15) is 0 Å². The molecular formula is C19H32N2. The number of nitrogens with one attached hydrogen (secondary N) is 1. The smallest absolute Gasteiger partial charge is 0.0316 e. The minimum absolute atomic E-state index is 0.507. The van der Waals surface area contributed by atoms with Crippen LogP contribution in [0.3, 0.4) is 0 Å². The quantitative estimate of drug-likeness (QED) is 0.854. The third-order valence-electron chi connectivity index (χ3n) is 4.77. The van der Waals surface area contributed by atoms with Crippen LogP contribution in [0.5, 0.6) is 0 Å². The number of rotatable bonds is 6. The second kappa shape index (κ2) is 7.95. The number of piperidine rings is 1. The number of benzene rings is 1. The summed E-state index contributed by atoms with van der Waals surface area (Å²) in [6, 6.07) is 9.77. The zero-order valence-electron chi connectivity index (χ0n) is 14.2. The topological polar surface area (TPSA) is 15.3 Å². The summed E-state index contributed by atoms with van der Waals surface area (Å²) in [5.41, 5.74) is 2.90. The third-order valence-corrected chi connectivity index (χ3v) is 4.77. The molecule has 0 aliphatic carbocycles. The number of hydrogen-bond donors (Lipinski definition) is 1. The van der Waals surface area contributed by atoms with Gasteiger partial charge >= 0.3 is 0 Å². The Balaban J connectivity index is 1.90. The van der Waals surface area contributed by atoms with Gasteiger partial charge in [-0.05, 0) is 69.3 Å². The van der Waals surface area contributed by atoms with Gasteiger partial charge in [0.2, 0.25) is 0 Å². The first-order valence-corrected chi connectivity index (χ1v) is 8.56. The van der Waals surface area contributed by atoms with Crippen LogP contribution in [0.2, 0.25) is 0 Å². The molecule has 1 aromatic rings. The predicted octanol–water partition coefficient (Wildman–Crippen LogP) is 3.88. The summed E-state index contributed by atoms with van der Waals surface area (Å²) >= 11 is 0. The average Bonchev–Trinajstić information content (AvgIpc) is 2.47. The van der Waals surface area contributed by atoms with Crippen LogP contribution in [0.4, 0.5) is 0 Å². The standard InChI is InChI=1S/C19H32N2/c1-15(2)13-17-5-7-19(8-6-17)16(3)21(4)14-18-9-11-20-12-10-18/h5-8,15-16,18,20H,9-14H2,1-4H3. The SMILES string of the molecule is CC(C)Cc1ccc(C(C)N(C)CC2CCNCC2)cc1. The number of hydrogen-bond acceptors (Lipinski definition) is 2. The van der Waals surface area contributed by atoms with E-state index in [0.717, 1.165) is 11.8 Å². The molecule has 2 nitrogen and oxygen atoms in total. The van der Waals surface area contributed by atoms with Crippen LogP contribution in [-0.4, -0.2) is 31.6 Å². The Labute approximate surface area is 130 Å². The highest BCUT2D eigenvalue weighted by Gasteiger charge is 2.18. The van der Waals surface area contributed by atoms with Crippen molar-refractivity contribution in [2.45, 2.75) is 46.1 Å². The van der Waals surface area contributed by atoms with Crippen molar-refractivity contribution >= 4 is 0 Å². The monoisotopic (exact) mass is 288 g/mol. The maximum absolute atomic E-state index is 3.45. The average molecular weight is 288 g/mol. The minimum atomic E-state index is 0.507. The maximum Gasteiger partial charge on any atom is 0.0316 e. The van der Waals surface area contributed by atoms with Gasteiger partial charge in [-0.25, -0.2) is 0 Å². The molecule has 1 atom stereocenters. The van der Waals surface area contributed by atoms with Gasteiger partial charge in [0.25, 0.3) is 0 Å². The molecule has 2 rings (SSSR count). The zero-order valence-corrected chi connectivity index (χ0v) is 14.2. The van der Waals surface area contributed by atoms with Gasteiger partial charge in [-0.1, -0.05) is 38.1 Å². The van der Waals surface area contributed by atoms with E-state index < -0.39 is 0 Å². The van der Waals surface area contributed by atoms with E-state index in [1.165, 1.54) is 50.0 Å². The molecule has 1 fully saturated rings. The molecule has 0 radical (unpaired) electrons. The second-order valence-corrected chi connectivity index (χ2v) is 7.15. The number of nitrogens with zero attached hydrogens (tertiary/aromatic N) is 1. The lowest BCUT2D eigenvalue weighted by Gasteiger charge is -2.31. The fourth-order valence-corrected chi connectivity index (χ4v) is 3.29. The molecule has 1 aromatic carbocycles. The molecule has 0 spiro atoms. The summed E-state index contributed by atoms with van der Waals surface area (Å²) < 4.78 is 0. The summed E-state index contributed by atoms with van der Waals surface area (Å²) in [5, 5.41) is 3.45. The lowest BCUT2D eigenvalue weighted by molar-refractivity contribution is 0.196. The summed E-state index contributed by atoms with van der Waals surface area (Å²) in [6.45, 7) is 10.5. The van der Waals surface area contributed by atoms with Gasteiger partial charge in [0.05, 0.1) is 0 Å². The fourth-order valence-electron chi connectivity index (χ4n) is 3.29. The summed E-state index contributed by atoms with van der Waals surface area (Å²) in [4.78, 5) is 2.52. The summed E-state index contributed by atoms with van der Waals surface area (Å²) in [7, 11) is 2.27. The van der Waals surface area contributed by atoms with E-state index >= 15 is 0 Å². The Morgan fingerprint density at radius 3 is 2.29 bits per heavy atom. The normalized spacial score (nSPS) is 18.4. The third kappa shape index (κ3) is 5.12. The summed E-state index contributed by atoms with van der Waals surface area (Å²) in [5.74, 6) is 1.59. The minimum Gasteiger partial charge on any atom is -0.317 e. The molecule has 118 valence electrons. The van der Waals surface area contributed by atoms with Crippen molar-refractivity contribution in [3.05, 3.63) is 35.4 Å². The van der Waals surface area contributed by atoms with Gasteiger partial charge in [0.15, 0.2) is 0 Å². The van der Waals surface area contributed by atoms with Crippen LogP contribution in [0, 0.1) is 11.8 Å². The highest BCUT2D eigenvalue weighted by molar-refractivity contribution is 5.25. The van der Waals surface area contributed by atoms with Crippen LogP contribution in [0.15, 0.2) is 24.3 Å². The van der Waals surface area contributed by atoms with Crippen molar-refractivity contribution in [3.8, 4) is 0 Å². The Kier molecular flexibility index (Phi) is 6.25. The van der Waals surface area contributed by atoms with E-state index in [-0.39, 0.29) is 0 Å². The fraction of sp³-hybridized carbons (Fsp3) is 0.684. The largest absolute Gasteiger partial charge is 0.317 e. The first-order chi connectivity index (χ1) is 10.1. The molecule has 0 aromatic heterocycles. The molecule has 0 amide bonds. The van der Waals surface area contributed by atoms with E-state index in [1.807, 2.05) is 0 Å². The van der Waals surface area contributed by atoms with Crippen molar-refractivity contribution in [1.29, 1.82) is 0 Å². The first kappa shape index (κ1) is 16.5. The molecule has 1 N–H and O–H groups in total. The van der Waals surface area contributed by atoms with Gasteiger partial charge < -0.3 is 5.32 Å². The van der Waals surface area contributed by atoms with Gasteiger partial charge in [0.1, 0.15) is 0 Å². The van der Waals surface area contributed by atoms with Crippen LogP contribution < -0.4 is 5.32 Å². The van der Waals surface area contributed by atoms with Crippen molar-refractivity contribution in [1.82, 2.24) is 10.2 Å². The zero-order chi connectivity index (χ0) is 15.2. The Morgan fingerprint density at radius 2 is 1.71 bits per heavy atom. The Morgan fingerprint density at radius 1 is 1.10 bits per heavy atom. The van der Waals surface area contributed by atoms with E-state index in [4.69, 9.17) is 0 Å². The molecule has 1 unspecified atom stereocenters. The van der Waals surface area contributed by atoms with E-state index in [1.54, 1.807) is 0 Å². The molecule has 0 bridgehead atoms. The van der Waals surface area contributed by atoms with Gasteiger partial charge in [-0.3, -0.25) is 4.90 Å². The molecule has 2 heteroatoms. The van der Waals surface area contributed by atoms with E-state index in [0.29, 0.717) is 6.04 Å². The van der Waals surface area contributed by atoms with Crippen LogP contribution in [0.25, 0.3) is 0 Å². The van der Waals surface area contributed by atoms with Crippen LogP contribution in [-0.2, 0) is 6.42 Å². The lowest BCUT2D eigenvalue weighted by atomic mass is 9.96. The molecule has 1 heterocycles. The van der Waals surface area contributed by atoms with Gasteiger partial charge in [0, 0.05) is 12.6 Å². The first-order valence-electron chi connectivity index (χ1n) is 8.56. The van der Waals surface area contributed by atoms with Crippen molar-refractivity contribution in [2.24, 2.45) is 11.8 Å². The van der Waals surface area contributed by atoms with Crippen LogP contribution >= 0.6 is 0 Å². The Bertz CT molecular complexity index is 404. The van der Waals surface area contributed by atoms with Crippen molar-refractivity contribution < 1.29 is 0 Å². The van der Waals surface area contributed by atoms with E-state index in [2.05, 4.69) is 62.3 Å². The molecule has 1 aliphatic rings. The molecule has 1 saturated heterocycles. The van der Waals surface area contributed by atoms with Crippen molar-refractivity contribution in [2.75, 3.05) is 26.7 Å². The van der Waals surface area contributed by atoms with Crippen LogP contribution in [0.1, 0.15) is 50.8 Å². The highest BCUT2D eigenvalue weighted by atomic mass is 15.1. The van der Waals surface area contributed by atoms with E-state index in [9.17, 15) is 0 Å². The second-order valence-electron chi connectivity index (χ2n) is 7.15. The molecular weight excluding hydrogens is 256 g/mol. The molecule has 1 aliphatic heterocycles. The maximum atomic E-state index is 3.45. The highest BCUT2D eigenvalue weighted by Crippen LogP contribution is 2.23. The lowest BCUT2D eigenvalue weighted by Crippen LogP contribution is -2.35. The predicted molar refractivity (Wildman–Crippen MR) is 91.6 cm³/mol. The molecule has 0 saturated carbocycles. The Hall–Kier alpha value is -0.860. The summed E-state index contributed by atoms with van der Waals surface area (Å²) in [6.07, 6.45) is 3.83. The van der Waals surface area contributed by atoms with Crippen molar-refractivity contribution in [3.63, 3.8) is 0 Å². The molecule has 21 heavy (non-hydrogen) atoms. The van der Waals surface area contributed by atoms with Gasteiger partial charge in [-0.15, -0.1) is 0 Å².